The summed E-state index contributed by atoms with van der Waals surface area (Å²) >= 11 is 0. The number of benzene rings is 1. The molecule has 1 aliphatic rings. The summed E-state index contributed by atoms with van der Waals surface area (Å²) in [6.07, 6.45) is 1.09. The third kappa shape index (κ3) is 1.53. The van der Waals surface area contributed by atoms with Crippen molar-refractivity contribution in [1.82, 2.24) is 0 Å². The van der Waals surface area contributed by atoms with Gasteiger partial charge in [-0.05, 0) is 36.5 Å². The number of ether oxygens (including phenoxy) is 1. The number of methoxy groups -OCH3 is 1. The lowest BCUT2D eigenvalue weighted by molar-refractivity contribution is 0.247. The van der Waals surface area contributed by atoms with E-state index in [-0.39, 0.29) is 12.0 Å². The van der Waals surface area contributed by atoms with E-state index in [0.717, 1.165) is 17.7 Å². The van der Waals surface area contributed by atoms with Crippen molar-refractivity contribution in [1.29, 1.82) is 0 Å². The van der Waals surface area contributed by atoms with E-state index in [2.05, 4.69) is 19.1 Å². The van der Waals surface area contributed by atoms with Gasteiger partial charge < -0.3 is 9.84 Å². The predicted molar refractivity (Wildman–Crippen MR) is 60.3 cm³/mol. The molecule has 2 atom stereocenters. The molecule has 2 nitrogen and oxygen atoms in total. The molecule has 1 aromatic rings. The van der Waals surface area contributed by atoms with Gasteiger partial charge in [0.2, 0.25) is 0 Å². The average Bonchev–Trinajstić information content (AvgIpc) is 2.91. The molecule has 1 fully saturated rings. The molecule has 0 aromatic heterocycles. The Morgan fingerprint density at radius 2 is 2.20 bits per heavy atom. The highest BCUT2D eigenvalue weighted by molar-refractivity contribution is 5.42. The quantitative estimate of drug-likeness (QED) is 0.822. The van der Waals surface area contributed by atoms with E-state index in [1.165, 1.54) is 5.56 Å². The molecule has 1 aliphatic carbocycles. The first kappa shape index (κ1) is 10.5. The zero-order chi connectivity index (χ0) is 11.1. The fraction of sp³-hybridized carbons (Fsp3) is 0.538. The van der Waals surface area contributed by atoms with Crippen molar-refractivity contribution in [2.75, 3.05) is 13.7 Å². The zero-order valence-corrected chi connectivity index (χ0v) is 9.58. The smallest absolute Gasteiger partial charge is 0.121 e. The molecule has 0 saturated heterocycles. The highest BCUT2D eigenvalue weighted by Crippen LogP contribution is 2.53. The maximum absolute atomic E-state index is 9.47. The molecule has 15 heavy (non-hydrogen) atoms. The SMILES string of the molecule is COc1ccc(C2(CO)CC2C)cc1C. The van der Waals surface area contributed by atoms with Crippen LogP contribution >= 0.6 is 0 Å². The molecule has 0 heterocycles. The summed E-state index contributed by atoms with van der Waals surface area (Å²) in [6.45, 7) is 4.48. The van der Waals surface area contributed by atoms with Crippen molar-refractivity contribution in [2.24, 2.45) is 5.92 Å². The van der Waals surface area contributed by atoms with Gasteiger partial charge in [0.25, 0.3) is 0 Å². The Labute approximate surface area is 90.9 Å². The van der Waals surface area contributed by atoms with E-state index in [1.54, 1.807) is 7.11 Å². The van der Waals surface area contributed by atoms with Crippen LogP contribution in [0.25, 0.3) is 0 Å². The molecule has 2 heteroatoms. The largest absolute Gasteiger partial charge is 0.496 e. The maximum Gasteiger partial charge on any atom is 0.121 e. The van der Waals surface area contributed by atoms with Crippen LogP contribution in [0.1, 0.15) is 24.5 Å². The van der Waals surface area contributed by atoms with Gasteiger partial charge in [-0.25, -0.2) is 0 Å². The number of aliphatic hydroxyl groups excluding tert-OH is 1. The fourth-order valence-electron chi connectivity index (χ4n) is 2.39. The Kier molecular flexibility index (Phi) is 2.47. The number of aryl methyl sites for hydroxylation is 1. The summed E-state index contributed by atoms with van der Waals surface area (Å²) in [5, 5.41) is 9.47. The summed E-state index contributed by atoms with van der Waals surface area (Å²) < 4.78 is 5.23. The van der Waals surface area contributed by atoms with E-state index >= 15 is 0 Å². The topological polar surface area (TPSA) is 29.5 Å². The van der Waals surface area contributed by atoms with Gasteiger partial charge in [-0.3, -0.25) is 0 Å². The second-order valence-corrected chi connectivity index (χ2v) is 4.60. The van der Waals surface area contributed by atoms with Gasteiger partial charge in [-0.15, -0.1) is 0 Å². The molecule has 0 amide bonds. The van der Waals surface area contributed by atoms with Crippen LogP contribution in [0.15, 0.2) is 18.2 Å². The summed E-state index contributed by atoms with van der Waals surface area (Å²) in [7, 11) is 1.68. The van der Waals surface area contributed by atoms with E-state index in [1.807, 2.05) is 13.0 Å². The standard InChI is InChI=1S/C13H18O2/c1-9-6-11(4-5-12(9)15-3)13(8-14)7-10(13)2/h4-6,10,14H,7-8H2,1-3H3. The maximum atomic E-state index is 9.47. The van der Waals surface area contributed by atoms with Crippen molar-refractivity contribution >= 4 is 0 Å². The van der Waals surface area contributed by atoms with Crippen LogP contribution in [-0.2, 0) is 5.41 Å². The summed E-state index contributed by atoms with van der Waals surface area (Å²) in [5.74, 6) is 1.51. The predicted octanol–water partition coefficient (Wildman–Crippen LogP) is 2.27. The molecule has 1 saturated carbocycles. The molecule has 2 rings (SSSR count). The lowest BCUT2D eigenvalue weighted by Crippen LogP contribution is -2.14. The van der Waals surface area contributed by atoms with Gasteiger partial charge in [0.15, 0.2) is 0 Å². The number of hydrogen-bond donors (Lipinski definition) is 1. The first-order valence-electron chi connectivity index (χ1n) is 5.40. The Morgan fingerprint density at radius 3 is 2.60 bits per heavy atom. The Morgan fingerprint density at radius 1 is 1.53 bits per heavy atom. The molecule has 0 aliphatic heterocycles. The second-order valence-electron chi connectivity index (χ2n) is 4.60. The minimum Gasteiger partial charge on any atom is -0.496 e. The molecular formula is C13H18O2. The van der Waals surface area contributed by atoms with Crippen molar-refractivity contribution in [3.63, 3.8) is 0 Å². The lowest BCUT2D eigenvalue weighted by atomic mass is 9.93. The molecule has 1 N–H and O–H groups in total. The Bertz CT molecular complexity index is 369. The normalized spacial score (nSPS) is 28.9. The molecule has 1 aromatic carbocycles. The van der Waals surface area contributed by atoms with Gasteiger partial charge in [-0.2, -0.15) is 0 Å². The monoisotopic (exact) mass is 206 g/mol. The van der Waals surface area contributed by atoms with Crippen LogP contribution in [0.3, 0.4) is 0 Å². The summed E-state index contributed by atoms with van der Waals surface area (Å²) in [6, 6.07) is 6.21. The molecular weight excluding hydrogens is 188 g/mol. The van der Waals surface area contributed by atoms with Crippen LogP contribution in [0.2, 0.25) is 0 Å². The number of rotatable bonds is 3. The van der Waals surface area contributed by atoms with Gasteiger partial charge in [0.1, 0.15) is 5.75 Å². The minimum atomic E-state index is 0.0248. The van der Waals surface area contributed by atoms with E-state index in [9.17, 15) is 5.11 Å². The third-order valence-electron chi connectivity index (χ3n) is 3.71. The first-order chi connectivity index (χ1) is 7.14. The number of aliphatic hydroxyl groups is 1. The van der Waals surface area contributed by atoms with Gasteiger partial charge >= 0.3 is 0 Å². The Balaban J connectivity index is 2.35. The van der Waals surface area contributed by atoms with E-state index in [0.29, 0.717) is 5.92 Å². The lowest BCUT2D eigenvalue weighted by Gasteiger charge is -2.15. The van der Waals surface area contributed by atoms with Crippen molar-refractivity contribution in [3.8, 4) is 5.75 Å². The van der Waals surface area contributed by atoms with Crippen LogP contribution in [0, 0.1) is 12.8 Å². The zero-order valence-electron chi connectivity index (χ0n) is 9.58. The molecule has 0 bridgehead atoms. The molecule has 2 unspecified atom stereocenters. The number of hydrogen-bond acceptors (Lipinski definition) is 2. The fourth-order valence-corrected chi connectivity index (χ4v) is 2.39. The van der Waals surface area contributed by atoms with Crippen LogP contribution in [0.5, 0.6) is 5.75 Å². The van der Waals surface area contributed by atoms with Crippen LogP contribution in [0.4, 0.5) is 0 Å². The first-order valence-corrected chi connectivity index (χ1v) is 5.40. The van der Waals surface area contributed by atoms with Crippen LogP contribution in [-0.4, -0.2) is 18.8 Å². The van der Waals surface area contributed by atoms with Gasteiger partial charge in [0.05, 0.1) is 13.7 Å². The van der Waals surface area contributed by atoms with E-state index in [4.69, 9.17) is 4.74 Å². The van der Waals surface area contributed by atoms with Crippen molar-refractivity contribution in [2.45, 2.75) is 25.7 Å². The van der Waals surface area contributed by atoms with Crippen molar-refractivity contribution in [3.05, 3.63) is 29.3 Å². The summed E-state index contributed by atoms with van der Waals surface area (Å²) in [5.41, 5.74) is 2.41. The molecule has 0 spiro atoms. The third-order valence-corrected chi connectivity index (χ3v) is 3.71. The Hall–Kier alpha value is -1.02. The average molecular weight is 206 g/mol. The molecule has 82 valence electrons. The van der Waals surface area contributed by atoms with Gasteiger partial charge in [-0.1, -0.05) is 19.1 Å². The minimum absolute atomic E-state index is 0.0248. The van der Waals surface area contributed by atoms with E-state index < -0.39 is 0 Å². The summed E-state index contributed by atoms with van der Waals surface area (Å²) in [4.78, 5) is 0. The molecule has 0 radical (unpaired) electrons. The van der Waals surface area contributed by atoms with Gasteiger partial charge in [0, 0.05) is 5.41 Å². The highest BCUT2D eigenvalue weighted by atomic mass is 16.5. The highest BCUT2D eigenvalue weighted by Gasteiger charge is 2.51. The van der Waals surface area contributed by atoms with Crippen molar-refractivity contribution < 1.29 is 9.84 Å². The van der Waals surface area contributed by atoms with Crippen LogP contribution < -0.4 is 4.74 Å². The second kappa shape index (κ2) is 3.53.